The lowest BCUT2D eigenvalue weighted by Crippen LogP contribution is -2.55. The Bertz CT molecular complexity index is 356. The van der Waals surface area contributed by atoms with Gasteiger partial charge >= 0.3 is 0 Å². The van der Waals surface area contributed by atoms with Gasteiger partial charge in [-0.05, 0) is 48.2 Å². The first kappa shape index (κ1) is 17.2. The van der Waals surface area contributed by atoms with Crippen molar-refractivity contribution in [2.75, 3.05) is 39.8 Å². The Morgan fingerprint density at radius 1 is 1.14 bits per heavy atom. The van der Waals surface area contributed by atoms with Crippen molar-refractivity contribution in [1.29, 1.82) is 0 Å². The van der Waals surface area contributed by atoms with Crippen molar-refractivity contribution in [2.24, 2.45) is 5.92 Å². The topological polar surface area (TPSA) is 27.7 Å². The molecule has 2 aliphatic heterocycles. The molecule has 1 N–H and O–H groups in total. The minimum absolute atomic E-state index is 0.0665. The van der Waals surface area contributed by atoms with E-state index < -0.39 is 0 Å². The first-order chi connectivity index (χ1) is 9.67. The Morgan fingerprint density at radius 3 is 2.38 bits per heavy atom. The molecular formula is C17H35N3O. The van der Waals surface area contributed by atoms with Gasteiger partial charge < -0.3 is 19.9 Å². The number of nitrogens with zero attached hydrogens (tertiary/aromatic N) is 2. The molecule has 0 saturated carbocycles. The zero-order valence-electron chi connectivity index (χ0n) is 15.1. The van der Waals surface area contributed by atoms with Crippen LogP contribution in [-0.4, -0.2) is 72.9 Å². The highest BCUT2D eigenvalue weighted by Crippen LogP contribution is 2.42. The molecule has 0 aromatic rings. The maximum absolute atomic E-state index is 6.40. The van der Waals surface area contributed by atoms with Crippen molar-refractivity contribution in [1.82, 2.24) is 15.1 Å². The van der Waals surface area contributed by atoms with Crippen LogP contribution in [0.15, 0.2) is 0 Å². The molecule has 0 aromatic heterocycles. The summed E-state index contributed by atoms with van der Waals surface area (Å²) in [5, 5.41) is 3.69. The van der Waals surface area contributed by atoms with Crippen molar-refractivity contribution < 1.29 is 4.74 Å². The van der Waals surface area contributed by atoms with Gasteiger partial charge in [-0.1, -0.05) is 6.92 Å². The fraction of sp³-hybridized carbons (Fsp3) is 1.00. The molecule has 2 aliphatic rings. The SMILES string of the molecule is CCNC1C(CN2CCN(C)C(C)C2)C(C)(C)OC1(C)C. The molecular weight excluding hydrogens is 262 g/mol. The number of nitrogens with one attached hydrogen (secondary N) is 1. The molecule has 0 aliphatic carbocycles. The predicted molar refractivity (Wildman–Crippen MR) is 88.7 cm³/mol. The van der Waals surface area contributed by atoms with Crippen LogP contribution in [0.5, 0.6) is 0 Å². The van der Waals surface area contributed by atoms with E-state index in [0.717, 1.165) is 13.1 Å². The molecule has 3 atom stereocenters. The van der Waals surface area contributed by atoms with Crippen molar-refractivity contribution in [2.45, 2.75) is 64.8 Å². The average Bonchev–Trinajstić information content (AvgIpc) is 2.52. The van der Waals surface area contributed by atoms with Gasteiger partial charge in [0.2, 0.25) is 0 Å². The highest BCUT2D eigenvalue weighted by Gasteiger charge is 2.53. The lowest BCUT2D eigenvalue weighted by Gasteiger charge is -2.41. The van der Waals surface area contributed by atoms with Crippen LogP contribution in [0.4, 0.5) is 0 Å². The maximum Gasteiger partial charge on any atom is 0.0790 e. The molecule has 124 valence electrons. The van der Waals surface area contributed by atoms with Crippen LogP contribution in [0, 0.1) is 5.92 Å². The number of ether oxygens (including phenoxy) is 1. The van der Waals surface area contributed by atoms with Crippen LogP contribution < -0.4 is 5.32 Å². The molecule has 2 fully saturated rings. The summed E-state index contributed by atoms with van der Waals surface area (Å²) in [6.07, 6.45) is 0. The number of piperazine rings is 1. The van der Waals surface area contributed by atoms with Crippen LogP contribution >= 0.6 is 0 Å². The second kappa shape index (κ2) is 6.15. The van der Waals surface area contributed by atoms with Gasteiger partial charge in [-0.3, -0.25) is 0 Å². The molecule has 2 saturated heterocycles. The van der Waals surface area contributed by atoms with Crippen molar-refractivity contribution in [3.63, 3.8) is 0 Å². The van der Waals surface area contributed by atoms with E-state index in [1.165, 1.54) is 19.6 Å². The highest BCUT2D eigenvalue weighted by atomic mass is 16.5. The molecule has 2 rings (SSSR count). The smallest absolute Gasteiger partial charge is 0.0790 e. The number of rotatable bonds is 4. The quantitative estimate of drug-likeness (QED) is 0.856. The number of hydrogen-bond donors (Lipinski definition) is 1. The molecule has 0 amide bonds. The number of hydrogen-bond acceptors (Lipinski definition) is 4. The lowest BCUT2D eigenvalue weighted by atomic mass is 9.82. The van der Waals surface area contributed by atoms with Crippen molar-refractivity contribution in [3.05, 3.63) is 0 Å². The van der Waals surface area contributed by atoms with E-state index in [2.05, 4.69) is 63.7 Å². The lowest BCUT2D eigenvalue weighted by molar-refractivity contribution is -0.0805. The van der Waals surface area contributed by atoms with Gasteiger partial charge in [0, 0.05) is 44.2 Å². The summed E-state index contributed by atoms with van der Waals surface area (Å²) < 4.78 is 6.40. The van der Waals surface area contributed by atoms with Gasteiger partial charge in [-0.15, -0.1) is 0 Å². The van der Waals surface area contributed by atoms with Crippen LogP contribution in [0.1, 0.15) is 41.5 Å². The molecule has 4 heteroatoms. The highest BCUT2D eigenvalue weighted by molar-refractivity contribution is 5.06. The third-order valence-electron chi connectivity index (χ3n) is 5.49. The summed E-state index contributed by atoms with van der Waals surface area (Å²) in [5.41, 5.74) is -0.161. The summed E-state index contributed by atoms with van der Waals surface area (Å²) in [6, 6.07) is 1.07. The second-order valence-corrected chi connectivity index (χ2v) is 8.04. The van der Waals surface area contributed by atoms with Gasteiger partial charge in [0.1, 0.15) is 0 Å². The molecule has 0 radical (unpaired) electrons. The minimum atomic E-state index is -0.0949. The predicted octanol–water partition coefficient (Wildman–Crippen LogP) is 1.80. The largest absolute Gasteiger partial charge is 0.368 e. The van der Waals surface area contributed by atoms with E-state index in [1.54, 1.807) is 0 Å². The van der Waals surface area contributed by atoms with Crippen LogP contribution in [-0.2, 0) is 4.74 Å². The summed E-state index contributed by atoms with van der Waals surface area (Å²) in [5.74, 6) is 0.531. The summed E-state index contributed by atoms with van der Waals surface area (Å²) >= 11 is 0. The van der Waals surface area contributed by atoms with Gasteiger partial charge in [-0.2, -0.15) is 0 Å². The van der Waals surface area contributed by atoms with Crippen LogP contribution in [0.3, 0.4) is 0 Å². The van der Waals surface area contributed by atoms with Crippen molar-refractivity contribution in [3.8, 4) is 0 Å². The molecule has 21 heavy (non-hydrogen) atoms. The molecule has 0 spiro atoms. The Balaban J connectivity index is 2.08. The Hall–Kier alpha value is -0.160. The van der Waals surface area contributed by atoms with E-state index in [0.29, 0.717) is 18.0 Å². The first-order valence-corrected chi connectivity index (χ1v) is 8.53. The molecule has 3 unspecified atom stereocenters. The fourth-order valence-corrected chi connectivity index (χ4v) is 4.20. The van der Waals surface area contributed by atoms with E-state index in [9.17, 15) is 0 Å². The molecule has 0 bridgehead atoms. The van der Waals surface area contributed by atoms with Gasteiger partial charge in [0.15, 0.2) is 0 Å². The van der Waals surface area contributed by atoms with Crippen molar-refractivity contribution >= 4 is 0 Å². The normalized spacial score (nSPS) is 37.0. The molecule has 0 aromatic carbocycles. The van der Waals surface area contributed by atoms with Crippen LogP contribution in [0.25, 0.3) is 0 Å². The third-order valence-corrected chi connectivity index (χ3v) is 5.49. The molecule has 4 nitrogen and oxygen atoms in total. The average molecular weight is 297 g/mol. The third kappa shape index (κ3) is 3.61. The summed E-state index contributed by atoms with van der Waals surface area (Å²) in [4.78, 5) is 5.09. The monoisotopic (exact) mass is 297 g/mol. The van der Waals surface area contributed by atoms with Gasteiger partial charge in [-0.25, -0.2) is 0 Å². The summed E-state index contributed by atoms with van der Waals surface area (Å²) in [7, 11) is 2.23. The maximum atomic E-state index is 6.40. The van der Waals surface area contributed by atoms with E-state index in [1.807, 2.05) is 0 Å². The van der Waals surface area contributed by atoms with E-state index in [4.69, 9.17) is 4.74 Å². The Labute approximate surface area is 131 Å². The Kier molecular flexibility index (Phi) is 5.04. The summed E-state index contributed by atoms with van der Waals surface area (Å²) in [6.45, 7) is 19.1. The zero-order valence-corrected chi connectivity index (χ0v) is 15.1. The zero-order chi connectivity index (χ0) is 15.8. The first-order valence-electron chi connectivity index (χ1n) is 8.53. The number of likely N-dealkylation sites (N-methyl/N-ethyl adjacent to an activating group) is 2. The van der Waals surface area contributed by atoms with Crippen LogP contribution in [0.2, 0.25) is 0 Å². The van der Waals surface area contributed by atoms with E-state index in [-0.39, 0.29) is 11.2 Å². The standard InChI is InChI=1S/C17H35N3O/c1-8-18-15-14(16(3,4)21-17(15,5)6)12-20-10-9-19(7)13(2)11-20/h13-15,18H,8-12H2,1-7H3. The van der Waals surface area contributed by atoms with Gasteiger partial charge in [0.25, 0.3) is 0 Å². The second-order valence-electron chi connectivity index (χ2n) is 8.04. The van der Waals surface area contributed by atoms with E-state index >= 15 is 0 Å². The molecule has 2 heterocycles. The Morgan fingerprint density at radius 2 is 1.81 bits per heavy atom. The minimum Gasteiger partial charge on any atom is -0.368 e. The van der Waals surface area contributed by atoms with Gasteiger partial charge in [0.05, 0.1) is 11.2 Å². The fourth-order valence-electron chi connectivity index (χ4n) is 4.20.